The van der Waals surface area contributed by atoms with Crippen LogP contribution in [0.15, 0.2) is 30.3 Å². The number of hydrogen-bond acceptors (Lipinski definition) is 3. The van der Waals surface area contributed by atoms with E-state index < -0.39 is 0 Å². The SMILES string of the molecule is CCCCOCCC(CNCCOC)Cc1ccccc1. The van der Waals surface area contributed by atoms with Crippen LogP contribution in [0.25, 0.3) is 0 Å². The Morgan fingerprint density at radius 2 is 1.90 bits per heavy atom. The molecule has 0 radical (unpaired) electrons. The summed E-state index contributed by atoms with van der Waals surface area (Å²) in [5, 5.41) is 3.48. The van der Waals surface area contributed by atoms with Crippen molar-refractivity contribution < 1.29 is 9.47 Å². The van der Waals surface area contributed by atoms with E-state index in [0.717, 1.165) is 52.2 Å². The lowest BCUT2D eigenvalue weighted by Gasteiger charge is -2.18. The first-order chi connectivity index (χ1) is 10.4. The van der Waals surface area contributed by atoms with Gasteiger partial charge in [0.2, 0.25) is 0 Å². The first-order valence-corrected chi connectivity index (χ1v) is 8.18. The monoisotopic (exact) mass is 293 g/mol. The average molecular weight is 293 g/mol. The fourth-order valence-corrected chi connectivity index (χ4v) is 2.30. The van der Waals surface area contributed by atoms with Crippen LogP contribution in [0.2, 0.25) is 0 Å². The van der Waals surface area contributed by atoms with E-state index in [4.69, 9.17) is 9.47 Å². The van der Waals surface area contributed by atoms with Gasteiger partial charge >= 0.3 is 0 Å². The van der Waals surface area contributed by atoms with Crippen LogP contribution >= 0.6 is 0 Å². The maximum absolute atomic E-state index is 5.72. The number of hydrogen-bond donors (Lipinski definition) is 1. The molecule has 0 saturated heterocycles. The van der Waals surface area contributed by atoms with Crippen LogP contribution in [0, 0.1) is 5.92 Å². The Kier molecular flexibility index (Phi) is 11.1. The fraction of sp³-hybridized carbons (Fsp3) is 0.667. The zero-order valence-electron chi connectivity index (χ0n) is 13.6. The summed E-state index contributed by atoms with van der Waals surface area (Å²) in [5.41, 5.74) is 1.41. The Bertz CT molecular complexity index is 329. The maximum atomic E-state index is 5.72. The van der Waals surface area contributed by atoms with E-state index in [-0.39, 0.29) is 0 Å². The highest BCUT2D eigenvalue weighted by molar-refractivity contribution is 5.15. The zero-order chi connectivity index (χ0) is 15.2. The number of nitrogens with one attached hydrogen (secondary N) is 1. The maximum Gasteiger partial charge on any atom is 0.0587 e. The summed E-state index contributed by atoms with van der Waals surface area (Å²) < 4.78 is 10.8. The number of benzene rings is 1. The van der Waals surface area contributed by atoms with E-state index in [9.17, 15) is 0 Å². The summed E-state index contributed by atoms with van der Waals surface area (Å²) >= 11 is 0. The Balaban J connectivity index is 2.30. The standard InChI is InChI=1S/C18H31NO2/c1-3-4-12-21-13-10-18(16-19-11-14-20-2)15-17-8-6-5-7-9-17/h5-9,18-19H,3-4,10-16H2,1-2H3. The predicted octanol–water partition coefficient (Wildman–Crippen LogP) is 3.29. The highest BCUT2D eigenvalue weighted by Gasteiger charge is 2.09. The Morgan fingerprint density at radius 1 is 1.10 bits per heavy atom. The summed E-state index contributed by atoms with van der Waals surface area (Å²) in [6.07, 6.45) is 4.58. The van der Waals surface area contributed by atoms with Gasteiger partial charge in [-0.05, 0) is 37.3 Å². The Morgan fingerprint density at radius 3 is 2.62 bits per heavy atom. The van der Waals surface area contributed by atoms with Gasteiger partial charge < -0.3 is 14.8 Å². The quantitative estimate of drug-likeness (QED) is 0.566. The van der Waals surface area contributed by atoms with E-state index in [1.807, 2.05) is 0 Å². The van der Waals surface area contributed by atoms with Gasteiger partial charge in [-0.15, -0.1) is 0 Å². The second-order valence-corrected chi connectivity index (χ2v) is 5.51. The number of unbranched alkanes of at least 4 members (excludes halogenated alkanes) is 1. The zero-order valence-corrected chi connectivity index (χ0v) is 13.6. The van der Waals surface area contributed by atoms with Crippen LogP contribution in [0.5, 0.6) is 0 Å². The lowest BCUT2D eigenvalue weighted by molar-refractivity contribution is 0.116. The minimum atomic E-state index is 0.617. The lowest BCUT2D eigenvalue weighted by atomic mass is 9.96. The minimum absolute atomic E-state index is 0.617. The third kappa shape index (κ3) is 9.62. The van der Waals surface area contributed by atoms with E-state index in [2.05, 4.69) is 42.6 Å². The number of ether oxygens (including phenoxy) is 2. The molecule has 1 aromatic carbocycles. The van der Waals surface area contributed by atoms with Crippen molar-refractivity contribution in [3.63, 3.8) is 0 Å². The van der Waals surface area contributed by atoms with E-state index in [1.165, 1.54) is 12.0 Å². The molecule has 1 unspecified atom stereocenters. The largest absolute Gasteiger partial charge is 0.383 e. The second kappa shape index (κ2) is 12.8. The highest BCUT2D eigenvalue weighted by atomic mass is 16.5. The molecule has 21 heavy (non-hydrogen) atoms. The summed E-state index contributed by atoms with van der Waals surface area (Å²) in [5.74, 6) is 0.617. The lowest BCUT2D eigenvalue weighted by Crippen LogP contribution is -2.28. The van der Waals surface area contributed by atoms with Gasteiger partial charge in [0, 0.05) is 26.9 Å². The van der Waals surface area contributed by atoms with Crippen molar-refractivity contribution in [2.24, 2.45) is 5.92 Å². The Labute approximate surface area is 130 Å². The third-order valence-electron chi connectivity index (χ3n) is 3.60. The van der Waals surface area contributed by atoms with Crippen LogP contribution in [0.1, 0.15) is 31.7 Å². The molecule has 3 nitrogen and oxygen atoms in total. The second-order valence-electron chi connectivity index (χ2n) is 5.51. The van der Waals surface area contributed by atoms with Gasteiger partial charge in [0.05, 0.1) is 6.61 Å². The molecule has 0 amide bonds. The van der Waals surface area contributed by atoms with E-state index >= 15 is 0 Å². The van der Waals surface area contributed by atoms with Crippen LogP contribution < -0.4 is 5.32 Å². The number of methoxy groups -OCH3 is 1. The van der Waals surface area contributed by atoms with Crippen LogP contribution in [0.3, 0.4) is 0 Å². The summed E-state index contributed by atoms with van der Waals surface area (Å²) in [6, 6.07) is 10.7. The normalized spacial score (nSPS) is 12.5. The molecular formula is C18H31NO2. The summed E-state index contributed by atoms with van der Waals surface area (Å²) in [7, 11) is 1.74. The van der Waals surface area contributed by atoms with Crippen molar-refractivity contribution in [2.75, 3.05) is 40.0 Å². The van der Waals surface area contributed by atoms with Gasteiger partial charge in [-0.2, -0.15) is 0 Å². The topological polar surface area (TPSA) is 30.5 Å². The van der Waals surface area contributed by atoms with Gasteiger partial charge in [-0.1, -0.05) is 43.7 Å². The van der Waals surface area contributed by atoms with E-state index in [1.54, 1.807) is 7.11 Å². The molecule has 1 aromatic rings. The van der Waals surface area contributed by atoms with Crippen molar-refractivity contribution >= 4 is 0 Å². The van der Waals surface area contributed by atoms with E-state index in [0.29, 0.717) is 5.92 Å². The molecule has 0 bridgehead atoms. The van der Waals surface area contributed by atoms with Crippen molar-refractivity contribution in [3.05, 3.63) is 35.9 Å². The molecule has 0 saturated carbocycles. The van der Waals surface area contributed by atoms with Crippen molar-refractivity contribution in [1.29, 1.82) is 0 Å². The highest BCUT2D eigenvalue weighted by Crippen LogP contribution is 2.12. The van der Waals surface area contributed by atoms with Crippen LogP contribution in [0.4, 0.5) is 0 Å². The van der Waals surface area contributed by atoms with Crippen LogP contribution in [-0.2, 0) is 15.9 Å². The molecule has 3 heteroatoms. The number of rotatable bonds is 13. The van der Waals surface area contributed by atoms with Crippen molar-refractivity contribution in [2.45, 2.75) is 32.6 Å². The first kappa shape index (κ1) is 18.1. The molecular weight excluding hydrogens is 262 g/mol. The van der Waals surface area contributed by atoms with Gasteiger partial charge in [0.25, 0.3) is 0 Å². The molecule has 0 heterocycles. The van der Waals surface area contributed by atoms with Crippen LogP contribution in [-0.4, -0.2) is 40.0 Å². The summed E-state index contributed by atoms with van der Waals surface area (Å²) in [4.78, 5) is 0. The molecule has 0 aliphatic carbocycles. The molecule has 0 fully saturated rings. The molecule has 1 rings (SSSR count). The predicted molar refractivity (Wildman–Crippen MR) is 88.7 cm³/mol. The summed E-state index contributed by atoms with van der Waals surface area (Å²) in [6.45, 7) is 6.66. The van der Waals surface area contributed by atoms with Gasteiger partial charge in [-0.25, -0.2) is 0 Å². The molecule has 1 N–H and O–H groups in total. The third-order valence-corrected chi connectivity index (χ3v) is 3.60. The molecule has 0 aromatic heterocycles. The minimum Gasteiger partial charge on any atom is -0.383 e. The van der Waals surface area contributed by atoms with Gasteiger partial charge in [0.1, 0.15) is 0 Å². The molecule has 0 aliphatic heterocycles. The van der Waals surface area contributed by atoms with Crippen molar-refractivity contribution in [3.8, 4) is 0 Å². The fourth-order valence-electron chi connectivity index (χ4n) is 2.30. The molecule has 0 aliphatic rings. The molecule has 1 atom stereocenters. The Hall–Kier alpha value is -0.900. The average Bonchev–Trinajstić information content (AvgIpc) is 2.52. The molecule has 120 valence electrons. The van der Waals surface area contributed by atoms with Gasteiger partial charge in [0.15, 0.2) is 0 Å². The smallest absolute Gasteiger partial charge is 0.0587 e. The van der Waals surface area contributed by atoms with Gasteiger partial charge in [-0.3, -0.25) is 0 Å². The molecule has 0 spiro atoms. The van der Waals surface area contributed by atoms with Crippen molar-refractivity contribution in [1.82, 2.24) is 5.32 Å². The first-order valence-electron chi connectivity index (χ1n) is 8.18.